The minimum atomic E-state index is -0.359. The molecule has 0 bridgehead atoms. The molecule has 0 radical (unpaired) electrons. The van der Waals surface area contributed by atoms with Gasteiger partial charge in [0.1, 0.15) is 0 Å². The first-order chi connectivity index (χ1) is 5.84. The van der Waals surface area contributed by atoms with Gasteiger partial charge in [0.25, 0.3) is 0 Å². The van der Waals surface area contributed by atoms with E-state index in [9.17, 15) is 5.11 Å². The average Bonchev–Trinajstić information content (AvgIpc) is 2.15. The van der Waals surface area contributed by atoms with Gasteiger partial charge in [0.05, 0.1) is 6.10 Å². The zero-order valence-electron chi connectivity index (χ0n) is 7.27. The van der Waals surface area contributed by atoms with Crippen molar-refractivity contribution in [2.24, 2.45) is 0 Å². The van der Waals surface area contributed by atoms with E-state index in [4.69, 9.17) is 0 Å². The van der Waals surface area contributed by atoms with Crippen LogP contribution in [0, 0.1) is 0 Å². The van der Waals surface area contributed by atoms with Crippen molar-refractivity contribution in [2.75, 3.05) is 0 Å². The molecule has 1 atom stereocenters. The van der Waals surface area contributed by atoms with E-state index in [1.54, 1.807) is 0 Å². The van der Waals surface area contributed by atoms with E-state index in [0.29, 0.717) is 6.42 Å². The third kappa shape index (κ3) is 2.51. The second kappa shape index (κ2) is 4.73. The normalized spacial score (nSPS) is 13.5. The molecule has 1 N–H and O–H groups in total. The van der Waals surface area contributed by atoms with Crippen LogP contribution in [0.2, 0.25) is 0 Å². The third-order valence-electron chi connectivity index (χ3n) is 1.78. The summed E-state index contributed by atoms with van der Waals surface area (Å²) in [6.07, 6.45) is 4.26. The minimum Gasteiger partial charge on any atom is -0.388 e. The Hall–Kier alpha value is -1.08. The lowest BCUT2D eigenvalue weighted by Crippen LogP contribution is -1.94. The van der Waals surface area contributed by atoms with Crippen molar-refractivity contribution in [3.8, 4) is 0 Å². The monoisotopic (exact) mass is 162 g/mol. The molecule has 0 spiro atoms. The van der Waals surface area contributed by atoms with E-state index >= 15 is 0 Å². The first kappa shape index (κ1) is 9.01. The smallest absolute Gasteiger partial charge is 0.0824 e. The SMILES string of the molecule is CC=CCC(O)c1ccccc1. The highest BCUT2D eigenvalue weighted by Gasteiger charge is 2.02. The van der Waals surface area contributed by atoms with Crippen LogP contribution in [0.3, 0.4) is 0 Å². The molecule has 0 aliphatic heterocycles. The first-order valence-corrected chi connectivity index (χ1v) is 4.18. The number of aliphatic hydroxyl groups is 1. The fourth-order valence-electron chi connectivity index (χ4n) is 1.08. The highest BCUT2D eigenvalue weighted by atomic mass is 16.3. The van der Waals surface area contributed by atoms with Crippen LogP contribution in [-0.4, -0.2) is 5.11 Å². The average molecular weight is 162 g/mol. The van der Waals surface area contributed by atoms with Gasteiger partial charge >= 0.3 is 0 Å². The molecule has 1 aromatic carbocycles. The molecule has 0 saturated heterocycles. The molecule has 64 valence electrons. The molecule has 1 nitrogen and oxygen atoms in total. The van der Waals surface area contributed by atoms with Gasteiger partial charge < -0.3 is 5.11 Å². The van der Waals surface area contributed by atoms with Gasteiger partial charge in [0.2, 0.25) is 0 Å². The van der Waals surface area contributed by atoms with E-state index in [1.807, 2.05) is 49.4 Å². The van der Waals surface area contributed by atoms with Crippen molar-refractivity contribution < 1.29 is 5.11 Å². The second-order valence-electron chi connectivity index (χ2n) is 2.73. The second-order valence-corrected chi connectivity index (χ2v) is 2.73. The van der Waals surface area contributed by atoms with Gasteiger partial charge in [-0.1, -0.05) is 42.5 Å². The largest absolute Gasteiger partial charge is 0.388 e. The highest BCUT2D eigenvalue weighted by Crippen LogP contribution is 2.15. The van der Waals surface area contributed by atoms with Crippen molar-refractivity contribution in [1.29, 1.82) is 0 Å². The summed E-state index contributed by atoms with van der Waals surface area (Å²) in [7, 11) is 0. The molecule has 0 aliphatic carbocycles. The third-order valence-corrected chi connectivity index (χ3v) is 1.78. The Bertz CT molecular complexity index is 238. The number of hydrogen-bond acceptors (Lipinski definition) is 1. The Morgan fingerprint density at radius 1 is 1.33 bits per heavy atom. The van der Waals surface area contributed by atoms with Crippen molar-refractivity contribution >= 4 is 0 Å². The molecule has 0 aliphatic rings. The first-order valence-electron chi connectivity index (χ1n) is 4.18. The Kier molecular flexibility index (Phi) is 3.55. The molecule has 1 heteroatoms. The molecule has 1 aromatic rings. The summed E-state index contributed by atoms with van der Waals surface area (Å²) in [5.74, 6) is 0. The van der Waals surface area contributed by atoms with Gasteiger partial charge in [0, 0.05) is 0 Å². The summed E-state index contributed by atoms with van der Waals surface area (Å²) in [4.78, 5) is 0. The van der Waals surface area contributed by atoms with E-state index in [0.717, 1.165) is 5.56 Å². The van der Waals surface area contributed by atoms with Crippen LogP contribution in [0.4, 0.5) is 0 Å². The summed E-state index contributed by atoms with van der Waals surface area (Å²) in [6.45, 7) is 1.96. The lowest BCUT2D eigenvalue weighted by Gasteiger charge is -2.06. The van der Waals surface area contributed by atoms with Gasteiger partial charge in [-0.05, 0) is 18.9 Å². The van der Waals surface area contributed by atoms with Crippen LogP contribution in [0.25, 0.3) is 0 Å². The van der Waals surface area contributed by atoms with Crippen LogP contribution in [0.5, 0.6) is 0 Å². The molecule has 0 aromatic heterocycles. The predicted octanol–water partition coefficient (Wildman–Crippen LogP) is 2.69. The zero-order chi connectivity index (χ0) is 8.81. The van der Waals surface area contributed by atoms with Crippen LogP contribution in [0.1, 0.15) is 25.0 Å². The van der Waals surface area contributed by atoms with Gasteiger partial charge in [-0.2, -0.15) is 0 Å². The van der Waals surface area contributed by atoms with Gasteiger partial charge in [0.15, 0.2) is 0 Å². The quantitative estimate of drug-likeness (QED) is 0.677. The van der Waals surface area contributed by atoms with E-state index < -0.39 is 0 Å². The van der Waals surface area contributed by atoms with Crippen molar-refractivity contribution in [3.05, 3.63) is 48.0 Å². The molecule has 0 fully saturated rings. The fraction of sp³-hybridized carbons (Fsp3) is 0.273. The van der Waals surface area contributed by atoms with Crippen LogP contribution in [-0.2, 0) is 0 Å². The summed E-state index contributed by atoms with van der Waals surface area (Å²) in [6, 6.07) is 9.70. The summed E-state index contributed by atoms with van der Waals surface area (Å²) >= 11 is 0. The number of rotatable bonds is 3. The summed E-state index contributed by atoms with van der Waals surface area (Å²) in [5, 5.41) is 9.60. The molecule has 1 rings (SSSR count). The molecular formula is C11H14O. The topological polar surface area (TPSA) is 20.2 Å². The van der Waals surface area contributed by atoms with Crippen LogP contribution >= 0.6 is 0 Å². The number of benzene rings is 1. The molecule has 0 heterocycles. The summed E-state index contributed by atoms with van der Waals surface area (Å²) < 4.78 is 0. The molecule has 12 heavy (non-hydrogen) atoms. The number of allylic oxidation sites excluding steroid dienone is 1. The standard InChI is InChI=1S/C11H14O/c1-2-3-9-11(12)10-7-5-4-6-8-10/h2-8,11-12H,9H2,1H3. The van der Waals surface area contributed by atoms with Gasteiger partial charge in [-0.25, -0.2) is 0 Å². The number of hydrogen-bond donors (Lipinski definition) is 1. The fourth-order valence-corrected chi connectivity index (χ4v) is 1.08. The van der Waals surface area contributed by atoms with E-state index in [-0.39, 0.29) is 6.10 Å². The Balaban J connectivity index is 2.59. The summed E-state index contributed by atoms with van der Waals surface area (Å²) in [5.41, 5.74) is 0.982. The maximum atomic E-state index is 9.60. The van der Waals surface area contributed by atoms with Crippen molar-refractivity contribution in [1.82, 2.24) is 0 Å². The Morgan fingerprint density at radius 3 is 2.58 bits per heavy atom. The van der Waals surface area contributed by atoms with Crippen LogP contribution in [0.15, 0.2) is 42.5 Å². The van der Waals surface area contributed by atoms with Gasteiger partial charge in [-0.15, -0.1) is 0 Å². The zero-order valence-corrected chi connectivity index (χ0v) is 7.27. The van der Waals surface area contributed by atoms with Gasteiger partial charge in [-0.3, -0.25) is 0 Å². The van der Waals surface area contributed by atoms with E-state index in [2.05, 4.69) is 0 Å². The Labute approximate surface area is 73.4 Å². The lowest BCUT2D eigenvalue weighted by atomic mass is 10.1. The van der Waals surface area contributed by atoms with Crippen molar-refractivity contribution in [3.63, 3.8) is 0 Å². The van der Waals surface area contributed by atoms with E-state index in [1.165, 1.54) is 0 Å². The highest BCUT2D eigenvalue weighted by molar-refractivity contribution is 5.17. The minimum absolute atomic E-state index is 0.359. The Morgan fingerprint density at radius 2 is 2.00 bits per heavy atom. The van der Waals surface area contributed by atoms with Crippen molar-refractivity contribution in [2.45, 2.75) is 19.4 Å². The maximum absolute atomic E-state index is 9.60. The molecular weight excluding hydrogens is 148 g/mol. The molecule has 1 unspecified atom stereocenters. The lowest BCUT2D eigenvalue weighted by molar-refractivity contribution is 0.181. The molecule has 0 saturated carbocycles. The van der Waals surface area contributed by atoms with Crippen LogP contribution < -0.4 is 0 Å². The maximum Gasteiger partial charge on any atom is 0.0824 e. The predicted molar refractivity (Wildman–Crippen MR) is 50.8 cm³/mol. The number of aliphatic hydroxyl groups excluding tert-OH is 1. The molecule has 0 amide bonds.